The third kappa shape index (κ3) is 41.1. The zero-order chi connectivity index (χ0) is 41.9. The van der Waals surface area contributed by atoms with E-state index in [-0.39, 0.29) is 19.4 Å². The lowest BCUT2D eigenvalue weighted by Crippen LogP contribution is -2.29. The minimum atomic E-state index is -4.64. The monoisotopic (exact) mass is 821 g/mol. The van der Waals surface area contributed by atoms with Gasteiger partial charge in [-0.1, -0.05) is 144 Å². The molecule has 3 atom stereocenters. The number of phosphoric acid groups is 1. The van der Waals surface area contributed by atoms with E-state index in [2.05, 4.69) is 91.3 Å². The summed E-state index contributed by atoms with van der Waals surface area (Å²) in [4.78, 5) is 34.9. The van der Waals surface area contributed by atoms with Crippen molar-refractivity contribution in [3.63, 3.8) is 0 Å². The van der Waals surface area contributed by atoms with Crippen LogP contribution in [0.15, 0.2) is 85.1 Å². The highest BCUT2D eigenvalue weighted by Gasteiger charge is 2.27. The van der Waals surface area contributed by atoms with Crippen LogP contribution in [0.25, 0.3) is 0 Å². The van der Waals surface area contributed by atoms with Crippen LogP contribution in [0.4, 0.5) is 0 Å². The Morgan fingerprint density at radius 3 is 1.47 bits per heavy atom. The average molecular weight is 821 g/mol. The van der Waals surface area contributed by atoms with E-state index < -0.39 is 51.8 Å². The van der Waals surface area contributed by atoms with Gasteiger partial charge in [-0.05, 0) is 83.5 Å². The van der Waals surface area contributed by atoms with Gasteiger partial charge in [0.05, 0.1) is 19.8 Å². The van der Waals surface area contributed by atoms with E-state index in [1.165, 1.54) is 64.2 Å². The van der Waals surface area contributed by atoms with Crippen LogP contribution in [0.3, 0.4) is 0 Å². The van der Waals surface area contributed by atoms with Gasteiger partial charge in [0.25, 0.3) is 0 Å². The highest BCUT2D eigenvalue weighted by Crippen LogP contribution is 2.43. The molecule has 0 aromatic carbocycles. The van der Waals surface area contributed by atoms with E-state index in [1.54, 1.807) is 0 Å². The molecule has 10 nitrogen and oxygen atoms in total. The molecule has 0 fully saturated rings. The zero-order valence-electron chi connectivity index (χ0n) is 35.3. The summed E-state index contributed by atoms with van der Waals surface area (Å²) >= 11 is 0. The molecule has 0 heterocycles. The molecule has 11 heteroatoms. The van der Waals surface area contributed by atoms with Gasteiger partial charge in [-0.15, -0.1) is 0 Å². The van der Waals surface area contributed by atoms with Crippen LogP contribution in [0, 0.1) is 0 Å². The first-order valence-electron chi connectivity index (χ1n) is 21.5. The molecule has 0 aliphatic rings. The normalized spacial score (nSPS) is 14.7. The maximum atomic E-state index is 12.5. The second-order valence-electron chi connectivity index (χ2n) is 14.0. The molecule has 0 saturated carbocycles. The predicted molar refractivity (Wildman–Crippen MR) is 233 cm³/mol. The van der Waals surface area contributed by atoms with E-state index >= 15 is 0 Å². The van der Waals surface area contributed by atoms with E-state index in [4.69, 9.17) is 19.1 Å². The number of hydrogen-bond donors (Lipinski definition) is 3. The SMILES string of the molecule is CCCCC/C=C/C/C=C/C/C=C/C/C=C/C/C=C/CCCCC(=O)OCC(COP(=O)(O)OC[C@H](O)CO)OC(=O)CC/C=C/C/C=C/CCCCCCCC. The number of ether oxygens (including phenoxy) is 2. The number of aliphatic hydroxyl groups excluding tert-OH is 2. The van der Waals surface area contributed by atoms with Crippen LogP contribution < -0.4 is 0 Å². The molecule has 0 aromatic rings. The van der Waals surface area contributed by atoms with Gasteiger partial charge in [0, 0.05) is 12.8 Å². The quantitative estimate of drug-likeness (QED) is 0.0237. The lowest BCUT2D eigenvalue weighted by molar-refractivity contribution is -0.161. The Balaban J connectivity index is 4.44. The van der Waals surface area contributed by atoms with E-state index in [0.717, 1.165) is 51.4 Å². The summed E-state index contributed by atoms with van der Waals surface area (Å²) in [6.07, 6.45) is 48.6. The Bertz CT molecular complexity index is 1220. The molecule has 0 amide bonds. The van der Waals surface area contributed by atoms with Crippen LogP contribution in [-0.2, 0) is 32.7 Å². The summed E-state index contributed by atoms with van der Waals surface area (Å²) in [5, 5.41) is 18.3. The lowest BCUT2D eigenvalue weighted by atomic mass is 10.1. The highest BCUT2D eigenvalue weighted by atomic mass is 31.2. The molecule has 57 heavy (non-hydrogen) atoms. The standard InChI is InChI=1S/C46H77O10P/c1-3-5-7-9-11-13-15-17-18-19-20-21-22-23-24-26-27-29-31-33-35-37-45(49)53-41-44(42-55-57(51,52)54-40-43(48)39-47)56-46(50)38-36-34-32-30-28-25-16-14-12-10-8-6-4-2/h11,13,17-18,20-21,23-25,27-29,32,34,43-44,47-48H,3-10,12,14-16,19,22,26,30-31,33,35-42H2,1-2H3,(H,51,52)/b13-11+,18-17+,21-20+,24-23+,28-25+,29-27+,34-32+/t43-,44?/m1/s1. The summed E-state index contributed by atoms with van der Waals surface area (Å²) < 4.78 is 32.5. The smallest absolute Gasteiger partial charge is 0.462 e. The summed E-state index contributed by atoms with van der Waals surface area (Å²) in [5.41, 5.74) is 0. The van der Waals surface area contributed by atoms with Gasteiger partial charge in [-0.3, -0.25) is 18.6 Å². The fourth-order valence-electron chi connectivity index (χ4n) is 5.18. The van der Waals surface area contributed by atoms with Crippen LogP contribution in [0.5, 0.6) is 0 Å². The number of hydrogen-bond acceptors (Lipinski definition) is 9. The first-order valence-corrected chi connectivity index (χ1v) is 23.0. The van der Waals surface area contributed by atoms with Crippen molar-refractivity contribution in [1.29, 1.82) is 0 Å². The Morgan fingerprint density at radius 1 is 0.526 bits per heavy atom. The number of aliphatic hydroxyl groups is 2. The number of allylic oxidation sites excluding steroid dienone is 14. The number of unbranched alkanes of at least 4 members (excludes halogenated alkanes) is 11. The average Bonchev–Trinajstić information content (AvgIpc) is 3.20. The van der Waals surface area contributed by atoms with Crippen molar-refractivity contribution < 1.29 is 47.8 Å². The van der Waals surface area contributed by atoms with Crippen molar-refractivity contribution in [2.75, 3.05) is 26.4 Å². The van der Waals surface area contributed by atoms with Gasteiger partial charge in [0.1, 0.15) is 12.7 Å². The van der Waals surface area contributed by atoms with Crippen LogP contribution in [0.2, 0.25) is 0 Å². The van der Waals surface area contributed by atoms with E-state index in [0.29, 0.717) is 12.8 Å². The molecule has 3 N–H and O–H groups in total. The van der Waals surface area contributed by atoms with Crippen molar-refractivity contribution in [2.45, 2.75) is 167 Å². The third-order valence-corrected chi connectivity index (χ3v) is 9.49. The molecule has 0 spiro atoms. The Hall–Kier alpha value is -2.85. The summed E-state index contributed by atoms with van der Waals surface area (Å²) in [7, 11) is -4.64. The number of carbonyl (C=O) groups is 2. The summed E-state index contributed by atoms with van der Waals surface area (Å²) in [5.74, 6) is -1.06. The number of phosphoric ester groups is 1. The van der Waals surface area contributed by atoms with Crippen LogP contribution in [0.1, 0.15) is 155 Å². The second kappa shape index (κ2) is 41.3. The molecule has 0 aliphatic carbocycles. The van der Waals surface area contributed by atoms with Crippen molar-refractivity contribution in [3.8, 4) is 0 Å². The molecule has 0 bridgehead atoms. The topological polar surface area (TPSA) is 149 Å². The molecular formula is C46H77O10P. The Labute approximate surface area is 345 Å². The van der Waals surface area contributed by atoms with Gasteiger partial charge in [0.2, 0.25) is 0 Å². The largest absolute Gasteiger partial charge is 0.472 e. The first-order chi connectivity index (χ1) is 27.7. The third-order valence-electron chi connectivity index (χ3n) is 8.54. The van der Waals surface area contributed by atoms with E-state index in [1.807, 2.05) is 12.2 Å². The number of carbonyl (C=O) groups excluding carboxylic acids is 2. The summed E-state index contributed by atoms with van der Waals surface area (Å²) in [6, 6.07) is 0. The maximum absolute atomic E-state index is 12.5. The molecule has 0 rings (SSSR count). The Morgan fingerprint density at radius 2 is 0.947 bits per heavy atom. The molecule has 0 radical (unpaired) electrons. The first kappa shape index (κ1) is 54.2. The van der Waals surface area contributed by atoms with Crippen LogP contribution >= 0.6 is 7.82 Å². The molecule has 326 valence electrons. The predicted octanol–water partition coefficient (Wildman–Crippen LogP) is 11.4. The molecular weight excluding hydrogens is 743 g/mol. The van der Waals surface area contributed by atoms with Crippen molar-refractivity contribution >= 4 is 19.8 Å². The van der Waals surface area contributed by atoms with Gasteiger partial charge >= 0.3 is 19.8 Å². The number of esters is 2. The van der Waals surface area contributed by atoms with Crippen molar-refractivity contribution in [3.05, 3.63) is 85.1 Å². The number of rotatable bonds is 39. The lowest BCUT2D eigenvalue weighted by Gasteiger charge is -2.20. The minimum absolute atomic E-state index is 0.0638. The van der Waals surface area contributed by atoms with Crippen molar-refractivity contribution in [1.82, 2.24) is 0 Å². The van der Waals surface area contributed by atoms with Gasteiger partial charge in [-0.25, -0.2) is 4.57 Å². The summed E-state index contributed by atoms with van der Waals surface area (Å²) in [6.45, 7) is 2.20. The molecule has 0 saturated heterocycles. The van der Waals surface area contributed by atoms with Gasteiger partial charge in [-0.2, -0.15) is 0 Å². The minimum Gasteiger partial charge on any atom is -0.462 e. The second-order valence-corrected chi connectivity index (χ2v) is 15.5. The van der Waals surface area contributed by atoms with Gasteiger partial charge < -0.3 is 24.6 Å². The van der Waals surface area contributed by atoms with Crippen LogP contribution in [-0.4, -0.2) is 65.7 Å². The maximum Gasteiger partial charge on any atom is 0.472 e. The van der Waals surface area contributed by atoms with Crippen molar-refractivity contribution in [2.24, 2.45) is 0 Å². The fraction of sp³-hybridized carbons (Fsp3) is 0.652. The molecule has 0 aliphatic heterocycles. The Kier molecular flexibility index (Phi) is 39.2. The van der Waals surface area contributed by atoms with Gasteiger partial charge in [0.15, 0.2) is 6.10 Å². The van der Waals surface area contributed by atoms with E-state index in [9.17, 15) is 24.2 Å². The molecule has 0 aromatic heterocycles. The zero-order valence-corrected chi connectivity index (χ0v) is 36.2. The fourth-order valence-corrected chi connectivity index (χ4v) is 5.97. The highest BCUT2D eigenvalue weighted by molar-refractivity contribution is 7.47. The molecule has 2 unspecified atom stereocenters.